The summed E-state index contributed by atoms with van der Waals surface area (Å²) in [5.41, 5.74) is 1.10. The Bertz CT molecular complexity index is 337. The Morgan fingerprint density at radius 1 is 1.35 bits per heavy atom. The lowest BCUT2D eigenvalue weighted by Crippen LogP contribution is -2.36. The van der Waals surface area contributed by atoms with E-state index >= 15 is 0 Å². The molecule has 1 rings (SSSR count). The van der Waals surface area contributed by atoms with Crippen LogP contribution in [0.25, 0.3) is 0 Å². The lowest BCUT2D eigenvalue weighted by Gasteiger charge is -2.24. The van der Waals surface area contributed by atoms with Crippen molar-refractivity contribution >= 4 is 5.91 Å². The average Bonchev–Trinajstić information content (AvgIpc) is 2.37. The van der Waals surface area contributed by atoms with Gasteiger partial charge in [-0.1, -0.05) is 44.2 Å². The van der Waals surface area contributed by atoms with Crippen LogP contribution in [0.15, 0.2) is 30.3 Å². The van der Waals surface area contributed by atoms with Gasteiger partial charge in [-0.15, -0.1) is 0 Å². The molecule has 0 bridgehead atoms. The summed E-state index contributed by atoms with van der Waals surface area (Å²) in [6, 6.07) is 9.86. The Kier molecular flexibility index (Phi) is 5.70. The molecule has 17 heavy (non-hydrogen) atoms. The summed E-state index contributed by atoms with van der Waals surface area (Å²) in [6.45, 7) is 4.91. The van der Waals surface area contributed by atoms with Gasteiger partial charge >= 0.3 is 0 Å². The van der Waals surface area contributed by atoms with E-state index in [-0.39, 0.29) is 18.4 Å². The number of hydrogen-bond donors (Lipinski definition) is 1. The smallest absolute Gasteiger partial charge is 0.225 e. The maximum Gasteiger partial charge on any atom is 0.225 e. The zero-order chi connectivity index (χ0) is 12.7. The quantitative estimate of drug-likeness (QED) is 0.820. The van der Waals surface area contributed by atoms with Gasteiger partial charge in [0.25, 0.3) is 0 Å². The molecule has 0 aromatic heterocycles. The molecule has 1 amide bonds. The van der Waals surface area contributed by atoms with Gasteiger partial charge in [-0.25, -0.2) is 0 Å². The molecule has 1 aromatic rings. The first-order chi connectivity index (χ1) is 8.19. The number of carbonyl (C=O) groups excluding carboxylic acids is 1. The first-order valence-electron chi connectivity index (χ1n) is 6.12. The number of benzene rings is 1. The van der Waals surface area contributed by atoms with Crippen LogP contribution in [0.2, 0.25) is 0 Å². The van der Waals surface area contributed by atoms with Crippen LogP contribution >= 0.6 is 0 Å². The predicted molar refractivity (Wildman–Crippen MR) is 68.4 cm³/mol. The third kappa shape index (κ3) is 4.19. The van der Waals surface area contributed by atoms with Crippen molar-refractivity contribution < 1.29 is 9.90 Å². The van der Waals surface area contributed by atoms with Crippen molar-refractivity contribution in [3.63, 3.8) is 0 Å². The van der Waals surface area contributed by atoms with Gasteiger partial charge in [0.2, 0.25) is 5.91 Å². The maximum absolute atomic E-state index is 12.1. The van der Waals surface area contributed by atoms with Crippen LogP contribution in [-0.4, -0.2) is 29.1 Å². The van der Waals surface area contributed by atoms with E-state index in [0.29, 0.717) is 13.1 Å². The van der Waals surface area contributed by atoms with Gasteiger partial charge in [0.05, 0.1) is 6.61 Å². The van der Waals surface area contributed by atoms with Crippen molar-refractivity contribution in [1.29, 1.82) is 0 Å². The second kappa shape index (κ2) is 7.07. The van der Waals surface area contributed by atoms with Crippen molar-refractivity contribution in [1.82, 2.24) is 4.90 Å². The van der Waals surface area contributed by atoms with E-state index in [1.807, 2.05) is 44.2 Å². The molecular weight excluding hydrogens is 214 g/mol. The molecule has 0 spiro atoms. The fourth-order valence-electron chi connectivity index (χ4n) is 1.68. The molecule has 0 aliphatic rings. The van der Waals surface area contributed by atoms with Gasteiger partial charge in [0, 0.05) is 19.0 Å². The first-order valence-corrected chi connectivity index (χ1v) is 6.12. The Balaban J connectivity index is 2.69. The molecule has 0 radical (unpaired) electrons. The lowest BCUT2D eigenvalue weighted by molar-refractivity contribution is -0.136. The Labute approximate surface area is 103 Å². The molecular formula is C14H21NO2. The predicted octanol–water partition coefficient (Wildman–Crippen LogP) is 2.05. The van der Waals surface area contributed by atoms with Crippen LogP contribution in [-0.2, 0) is 11.3 Å². The molecule has 1 aromatic carbocycles. The minimum atomic E-state index is 0.00894. The van der Waals surface area contributed by atoms with Crippen LogP contribution in [0, 0.1) is 5.92 Å². The molecule has 0 saturated heterocycles. The SMILES string of the molecule is CC[C@H](C)C(=O)N(CCO)Cc1ccccc1. The Hall–Kier alpha value is -1.35. The van der Waals surface area contributed by atoms with Crippen molar-refractivity contribution in [2.24, 2.45) is 5.92 Å². The van der Waals surface area contributed by atoms with Crippen LogP contribution in [0.4, 0.5) is 0 Å². The summed E-state index contributed by atoms with van der Waals surface area (Å²) in [6.07, 6.45) is 0.829. The summed E-state index contributed by atoms with van der Waals surface area (Å²) in [7, 11) is 0. The van der Waals surface area contributed by atoms with Gasteiger partial charge in [0.1, 0.15) is 0 Å². The van der Waals surface area contributed by atoms with Crippen LogP contribution < -0.4 is 0 Å². The summed E-state index contributed by atoms with van der Waals surface area (Å²) in [5, 5.41) is 9.02. The zero-order valence-electron chi connectivity index (χ0n) is 10.6. The van der Waals surface area contributed by atoms with Gasteiger partial charge < -0.3 is 10.0 Å². The number of rotatable bonds is 6. The number of nitrogens with zero attached hydrogens (tertiary/aromatic N) is 1. The highest BCUT2D eigenvalue weighted by Gasteiger charge is 2.18. The van der Waals surface area contributed by atoms with Crippen molar-refractivity contribution in [2.75, 3.05) is 13.2 Å². The van der Waals surface area contributed by atoms with Crippen LogP contribution in [0.3, 0.4) is 0 Å². The van der Waals surface area contributed by atoms with Gasteiger partial charge in [-0.3, -0.25) is 4.79 Å². The highest BCUT2D eigenvalue weighted by molar-refractivity contribution is 5.78. The molecule has 94 valence electrons. The molecule has 0 aliphatic heterocycles. The third-order valence-electron chi connectivity index (χ3n) is 2.93. The molecule has 1 N–H and O–H groups in total. The topological polar surface area (TPSA) is 40.5 Å². The molecule has 0 aliphatic carbocycles. The van der Waals surface area contributed by atoms with Crippen molar-refractivity contribution in [3.05, 3.63) is 35.9 Å². The molecule has 3 nitrogen and oxygen atoms in total. The van der Waals surface area contributed by atoms with Crippen LogP contribution in [0.5, 0.6) is 0 Å². The molecule has 1 atom stereocenters. The monoisotopic (exact) mass is 235 g/mol. The summed E-state index contributed by atoms with van der Waals surface area (Å²) >= 11 is 0. The zero-order valence-corrected chi connectivity index (χ0v) is 10.6. The number of aliphatic hydroxyl groups is 1. The average molecular weight is 235 g/mol. The minimum Gasteiger partial charge on any atom is -0.395 e. The van der Waals surface area contributed by atoms with E-state index in [4.69, 9.17) is 5.11 Å². The molecule has 0 saturated carbocycles. The van der Waals surface area contributed by atoms with E-state index < -0.39 is 0 Å². The van der Waals surface area contributed by atoms with E-state index in [9.17, 15) is 4.79 Å². The molecule has 0 unspecified atom stereocenters. The fourth-order valence-corrected chi connectivity index (χ4v) is 1.68. The Morgan fingerprint density at radius 2 is 2.00 bits per heavy atom. The second-order valence-electron chi connectivity index (χ2n) is 4.28. The fraction of sp³-hybridized carbons (Fsp3) is 0.500. The normalized spacial score (nSPS) is 12.2. The summed E-state index contributed by atoms with van der Waals surface area (Å²) < 4.78 is 0. The number of carbonyl (C=O) groups is 1. The third-order valence-corrected chi connectivity index (χ3v) is 2.93. The number of amides is 1. The number of hydrogen-bond acceptors (Lipinski definition) is 2. The number of aliphatic hydroxyl groups excluding tert-OH is 1. The van der Waals surface area contributed by atoms with Gasteiger partial charge in [-0.2, -0.15) is 0 Å². The standard InChI is InChI=1S/C14H21NO2/c1-3-12(2)14(17)15(9-10-16)11-13-7-5-4-6-8-13/h4-8,12,16H,3,9-11H2,1-2H3/t12-/m0/s1. The van der Waals surface area contributed by atoms with Gasteiger partial charge in [0.15, 0.2) is 0 Å². The minimum absolute atomic E-state index is 0.00894. The maximum atomic E-state index is 12.1. The second-order valence-corrected chi connectivity index (χ2v) is 4.28. The molecule has 3 heteroatoms. The molecule has 0 fully saturated rings. The van der Waals surface area contributed by atoms with E-state index in [2.05, 4.69) is 0 Å². The van der Waals surface area contributed by atoms with E-state index in [1.54, 1.807) is 4.90 Å². The van der Waals surface area contributed by atoms with Crippen molar-refractivity contribution in [2.45, 2.75) is 26.8 Å². The summed E-state index contributed by atoms with van der Waals surface area (Å²) in [4.78, 5) is 13.8. The van der Waals surface area contributed by atoms with E-state index in [1.165, 1.54) is 0 Å². The van der Waals surface area contributed by atoms with Crippen LogP contribution in [0.1, 0.15) is 25.8 Å². The molecule has 0 heterocycles. The Morgan fingerprint density at radius 3 is 2.53 bits per heavy atom. The first kappa shape index (κ1) is 13.7. The highest BCUT2D eigenvalue weighted by Crippen LogP contribution is 2.10. The van der Waals surface area contributed by atoms with Crippen molar-refractivity contribution in [3.8, 4) is 0 Å². The largest absolute Gasteiger partial charge is 0.395 e. The summed E-state index contributed by atoms with van der Waals surface area (Å²) in [5.74, 6) is 0.135. The highest BCUT2D eigenvalue weighted by atomic mass is 16.3. The lowest BCUT2D eigenvalue weighted by atomic mass is 10.1. The van der Waals surface area contributed by atoms with E-state index in [0.717, 1.165) is 12.0 Å². The van der Waals surface area contributed by atoms with Gasteiger partial charge in [-0.05, 0) is 12.0 Å².